The van der Waals surface area contributed by atoms with Crippen LogP contribution >= 0.6 is 11.3 Å². The van der Waals surface area contributed by atoms with Gasteiger partial charge in [0.15, 0.2) is 0 Å². The van der Waals surface area contributed by atoms with Gasteiger partial charge < -0.3 is 10.1 Å². The lowest BCUT2D eigenvalue weighted by molar-refractivity contribution is -0.116. The van der Waals surface area contributed by atoms with Gasteiger partial charge in [-0.2, -0.15) is 5.26 Å². The third-order valence-electron chi connectivity index (χ3n) is 5.26. The number of hydrogen-bond donors (Lipinski definition) is 1. The first-order chi connectivity index (χ1) is 16.2. The van der Waals surface area contributed by atoms with E-state index in [1.54, 1.807) is 43.3 Å². The van der Waals surface area contributed by atoms with Gasteiger partial charge in [0.2, 0.25) is 0 Å². The molecule has 1 amide bonds. The Morgan fingerprint density at radius 1 is 1.06 bits per heavy atom. The van der Waals surface area contributed by atoms with Crippen molar-refractivity contribution in [1.29, 1.82) is 5.26 Å². The summed E-state index contributed by atoms with van der Waals surface area (Å²) in [5.41, 5.74) is 2.00. The van der Waals surface area contributed by atoms with Gasteiger partial charge >= 0.3 is 0 Å². The van der Waals surface area contributed by atoms with Crippen LogP contribution in [0.5, 0.6) is 11.5 Å². The monoisotopic (exact) mass is 469 g/mol. The number of hydrogen-bond acceptors (Lipinski definition) is 6. The molecule has 0 unspecified atom stereocenters. The number of ketones is 1. The quantitative estimate of drug-likeness (QED) is 0.344. The van der Waals surface area contributed by atoms with E-state index in [0.29, 0.717) is 29.2 Å². The Balaban J connectivity index is 1.49. The van der Waals surface area contributed by atoms with Crippen LogP contribution in [0.2, 0.25) is 0 Å². The van der Waals surface area contributed by atoms with Crippen LogP contribution in [-0.4, -0.2) is 16.7 Å². The standard InChI is InChI=1S/C27H23N3O3S/c1-17(31)12-25-30-23-11-10-22(15-24(23)34-25)33-21-9-5-8-20(14-21)29-26(32)18-6-4-7-19(13-18)27(2,3)16-28/h4-11,13-15H,12H2,1-3H3,(H,29,32). The van der Waals surface area contributed by atoms with Crippen molar-refractivity contribution < 1.29 is 14.3 Å². The molecule has 0 atom stereocenters. The van der Waals surface area contributed by atoms with Crippen LogP contribution in [-0.2, 0) is 16.6 Å². The second-order valence-electron chi connectivity index (χ2n) is 8.52. The molecule has 0 aliphatic rings. The van der Waals surface area contributed by atoms with E-state index in [1.165, 1.54) is 11.3 Å². The van der Waals surface area contributed by atoms with Gasteiger partial charge in [0, 0.05) is 23.4 Å². The fourth-order valence-corrected chi connectivity index (χ4v) is 4.46. The molecule has 4 rings (SSSR count). The SMILES string of the molecule is CC(=O)Cc1nc2ccc(Oc3cccc(NC(=O)c4cccc(C(C)(C)C#N)c4)c3)cc2s1. The summed E-state index contributed by atoms with van der Waals surface area (Å²) in [7, 11) is 0. The summed E-state index contributed by atoms with van der Waals surface area (Å²) >= 11 is 1.47. The largest absolute Gasteiger partial charge is 0.457 e. The van der Waals surface area contributed by atoms with Crippen LogP contribution in [0.3, 0.4) is 0 Å². The van der Waals surface area contributed by atoms with E-state index in [9.17, 15) is 14.9 Å². The van der Waals surface area contributed by atoms with Gasteiger partial charge in [-0.15, -0.1) is 11.3 Å². The number of nitrogens with zero attached hydrogens (tertiary/aromatic N) is 2. The Labute approximate surface area is 201 Å². The topological polar surface area (TPSA) is 92.1 Å². The van der Waals surface area contributed by atoms with E-state index in [-0.39, 0.29) is 11.7 Å². The summed E-state index contributed by atoms with van der Waals surface area (Å²) in [4.78, 5) is 28.7. The van der Waals surface area contributed by atoms with E-state index in [4.69, 9.17) is 4.74 Å². The summed E-state index contributed by atoms with van der Waals surface area (Å²) in [6.07, 6.45) is 0.328. The van der Waals surface area contributed by atoms with Crippen molar-refractivity contribution in [1.82, 2.24) is 4.98 Å². The first-order valence-corrected chi connectivity index (χ1v) is 11.5. The summed E-state index contributed by atoms with van der Waals surface area (Å²) in [5.74, 6) is 1.03. The Bertz CT molecular complexity index is 1430. The molecule has 170 valence electrons. The molecule has 0 aliphatic carbocycles. The zero-order valence-corrected chi connectivity index (χ0v) is 19.9. The van der Waals surface area contributed by atoms with Crippen molar-refractivity contribution in [3.05, 3.63) is 82.9 Å². The Hall–Kier alpha value is -4.02. The summed E-state index contributed by atoms with van der Waals surface area (Å²) in [6, 6.07) is 22.1. The number of anilines is 1. The van der Waals surface area contributed by atoms with Gasteiger partial charge in [-0.1, -0.05) is 18.2 Å². The Morgan fingerprint density at radius 3 is 2.59 bits per heavy atom. The zero-order chi connectivity index (χ0) is 24.3. The van der Waals surface area contributed by atoms with Gasteiger partial charge in [-0.05, 0) is 62.7 Å². The number of nitrogens with one attached hydrogen (secondary N) is 1. The number of ether oxygens (including phenoxy) is 1. The van der Waals surface area contributed by atoms with E-state index < -0.39 is 5.41 Å². The van der Waals surface area contributed by atoms with Crippen LogP contribution in [0.15, 0.2) is 66.7 Å². The predicted molar refractivity (Wildman–Crippen MR) is 134 cm³/mol. The van der Waals surface area contributed by atoms with E-state index in [0.717, 1.165) is 20.8 Å². The summed E-state index contributed by atoms with van der Waals surface area (Å²) < 4.78 is 6.95. The average molecular weight is 470 g/mol. The lowest BCUT2D eigenvalue weighted by atomic mass is 9.85. The number of nitriles is 1. The first kappa shape index (κ1) is 23.1. The number of carbonyl (C=O) groups excluding carboxylic acids is 2. The second kappa shape index (κ2) is 9.46. The molecule has 6 nitrogen and oxygen atoms in total. The fraction of sp³-hybridized carbons (Fsp3) is 0.185. The fourth-order valence-electron chi connectivity index (χ4n) is 3.40. The second-order valence-corrected chi connectivity index (χ2v) is 9.63. The molecule has 1 aromatic heterocycles. The summed E-state index contributed by atoms with van der Waals surface area (Å²) in [5, 5.41) is 13.1. The molecule has 1 N–H and O–H groups in total. The lowest BCUT2D eigenvalue weighted by Crippen LogP contribution is -2.17. The normalized spacial score (nSPS) is 11.1. The molecular weight excluding hydrogens is 446 g/mol. The van der Waals surface area contributed by atoms with Crippen LogP contribution in [0, 0.1) is 11.3 Å². The smallest absolute Gasteiger partial charge is 0.255 e. The Morgan fingerprint density at radius 2 is 1.82 bits per heavy atom. The van der Waals surface area contributed by atoms with Crippen LogP contribution in [0.4, 0.5) is 5.69 Å². The van der Waals surface area contributed by atoms with Gasteiger partial charge in [0.1, 0.15) is 22.3 Å². The van der Waals surface area contributed by atoms with Crippen molar-refractivity contribution in [2.24, 2.45) is 0 Å². The van der Waals surface area contributed by atoms with Crippen molar-refractivity contribution in [3.8, 4) is 17.6 Å². The minimum atomic E-state index is -0.684. The molecule has 0 aliphatic heterocycles. The molecular formula is C27H23N3O3S. The van der Waals surface area contributed by atoms with Crippen molar-refractivity contribution in [2.75, 3.05) is 5.32 Å². The number of carbonyl (C=O) groups is 2. The number of fused-ring (bicyclic) bond motifs is 1. The molecule has 34 heavy (non-hydrogen) atoms. The number of rotatable bonds is 7. The highest BCUT2D eigenvalue weighted by Crippen LogP contribution is 2.30. The average Bonchev–Trinajstić information content (AvgIpc) is 3.20. The molecule has 0 saturated heterocycles. The minimum absolute atomic E-state index is 0.0786. The molecule has 7 heteroatoms. The number of benzene rings is 3. The number of thiazole rings is 1. The molecule has 1 heterocycles. The third kappa shape index (κ3) is 5.30. The molecule has 0 bridgehead atoms. The van der Waals surface area contributed by atoms with Crippen molar-refractivity contribution in [3.63, 3.8) is 0 Å². The highest BCUT2D eigenvalue weighted by atomic mass is 32.1. The molecule has 3 aromatic carbocycles. The maximum atomic E-state index is 12.8. The predicted octanol–water partition coefficient (Wildman–Crippen LogP) is 6.27. The van der Waals surface area contributed by atoms with Gasteiger partial charge in [0.05, 0.1) is 28.1 Å². The highest BCUT2D eigenvalue weighted by Gasteiger charge is 2.21. The van der Waals surface area contributed by atoms with Gasteiger partial charge in [-0.3, -0.25) is 9.59 Å². The number of Topliss-reactive ketones (excluding diaryl/α,β-unsaturated/α-hetero) is 1. The van der Waals surface area contributed by atoms with E-state index >= 15 is 0 Å². The molecule has 0 fully saturated rings. The van der Waals surface area contributed by atoms with Crippen LogP contribution in [0.25, 0.3) is 10.2 Å². The lowest BCUT2D eigenvalue weighted by Gasteiger charge is -2.16. The maximum absolute atomic E-state index is 12.8. The molecule has 4 aromatic rings. The van der Waals surface area contributed by atoms with E-state index in [1.807, 2.05) is 44.2 Å². The van der Waals surface area contributed by atoms with Gasteiger partial charge in [-0.25, -0.2) is 4.98 Å². The molecule has 0 saturated carbocycles. The van der Waals surface area contributed by atoms with Crippen LogP contribution < -0.4 is 10.1 Å². The summed E-state index contributed by atoms with van der Waals surface area (Å²) in [6.45, 7) is 5.19. The molecule has 0 radical (unpaired) electrons. The van der Waals surface area contributed by atoms with Crippen LogP contribution in [0.1, 0.15) is 41.7 Å². The first-order valence-electron chi connectivity index (χ1n) is 10.7. The van der Waals surface area contributed by atoms with Crippen molar-refractivity contribution >= 4 is 38.9 Å². The number of amides is 1. The van der Waals surface area contributed by atoms with Crippen molar-refractivity contribution in [2.45, 2.75) is 32.6 Å². The third-order valence-corrected chi connectivity index (χ3v) is 6.28. The zero-order valence-electron chi connectivity index (χ0n) is 19.1. The maximum Gasteiger partial charge on any atom is 0.255 e. The van der Waals surface area contributed by atoms with Gasteiger partial charge in [0.25, 0.3) is 5.91 Å². The van der Waals surface area contributed by atoms with E-state index in [2.05, 4.69) is 16.4 Å². The number of aromatic nitrogens is 1. The Kier molecular flexibility index (Phi) is 6.44. The molecule has 0 spiro atoms. The highest BCUT2D eigenvalue weighted by molar-refractivity contribution is 7.18. The minimum Gasteiger partial charge on any atom is -0.457 e.